The summed E-state index contributed by atoms with van der Waals surface area (Å²) < 4.78 is 0. The van der Waals surface area contributed by atoms with Gasteiger partial charge in [0.1, 0.15) is 11.5 Å². The molecule has 1 aromatic carbocycles. The number of hydrogen-bond acceptors (Lipinski definition) is 2. The fraction of sp³-hybridized carbons (Fsp3) is 0.333. The van der Waals surface area contributed by atoms with Gasteiger partial charge >= 0.3 is 0 Å². The average Bonchev–Trinajstić information content (AvgIpc) is 1.92. The molecule has 0 spiro atoms. The summed E-state index contributed by atoms with van der Waals surface area (Å²) in [4.78, 5) is 0. The lowest BCUT2D eigenvalue weighted by Crippen LogP contribution is -2.37. The normalized spacial score (nSPS) is 11.6. The van der Waals surface area contributed by atoms with Crippen molar-refractivity contribution in [3.05, 3.63) is 18.2 Å². The van der Waals surface area contributed by atoms with Gasteiger partial charge in [-0.2, -0.15) is 0 Å². The van der Waals surface area contributed by atoms with Gasteiger partial charge in [-0.05, 0) is 23.4 Å². The molecule has 0 heterocycles. The maximum absolute atomic E-state index is 9.49. The average molecular weight is 182 g/mol. The van der Waals surface area contributed by atoms with Crippen molar-refractivity contribution in [2.75, 3.05) is 0 Å². The van der Waals surface area contributed by atoms with Crippen LogP contribution in [0.4, 0.5) is 0 Å². The molecular weight excluding hydrogens is 168 g/mol. The van der Waals surface area contributed by atoms with Crippen LogP contribution >= 0.6 is 0 Å². The summed E-state index contributed by atoms with van der Waals surface area (Å²) in [6.45, 7) is 6.38. The van der Waals surface area contributed by atoms with Crippen LogP contribution in [0.2, 0.25) is 19.6 Å². The fourth-order valence-electron chi connectivity index (χ4n) is 1.12. The molecule has 0 atom stereocenters. The number of phenols is 2. The summed E-state index contributed by atoms with van der Waals surface area (Å²) >= 11 is 0. The second-order valence-electron chi connectivity index (χ2n) is 3.95. The first kappa shape index (κ1) is 9.13. The molecule has 1 aromatic rings. The van der Waals surface area contributed by atoms with Gasteiger partial charge in [0.25, 0.3) is 0 Å². The maximum Gasteiger partial charge on any atom is 0.115 e. The zero-order valence-corrected chi connectivity index (χ0v) is 8.63. The van der Waals surface area contributed by atoms with Crippen LogP contribution in [0.15, 0.2) is 18.2 Å². The van der Waals surface area contributed by atoms with Crippen molar-refractivity contribution in [3.63, 3.8) is 0 Å². The zero-order chi connectivity index (χ0) is 9.35. The van der Waals surface area contributed by atoms with E-state index in [1.54, 1.807) is 12.1 Å². The van der Waals surface area contributed by atoms with Crippen molar-refractivity contribution in [2.24, 2.45) is 0 Å². The van der Waals surface area contributed by atoms with Gasteiger partial charge in [-0.25, -0.2) is 0 Å². The van der Waals surface area contributed by atoms with E-state index in [0.717, 1.165) is 5.19 Å². The summed E-state index contributed by atoms with van der Waals surface area (Å²) in [7, 11) is -1.52. The van der Waals surface area contributed by atoms with Crippen molar-refractivity contribution >= 4 is 13.3 Å². The van der Waals surface area contributed by atoms with Crippen molar-refractivity contribution in [1.82, 2.24) is 0 Å². The van der Waals surface area contributed by atoms with Crippen molar-refractivity contribution in [1.29, 1.82) is 0 Å². The second kappa shape index (κ2) is 2.82. The van der Waals surface area contributed by atoms with E-state index >= 15 is 0 Å². The van der Waals surface area contributed by atoms with E-state index in [1.807, 2.05) is 0 Å². The minimum absolute atomic E-state index is 0.227. The Morgan fingerprint density at radius 1 is 1.08 bits per heavy atom. The van der Waals surface area contributed by atoms with E-state index in [1.165, 1.54) is 6.07 Å². The maximum atomic E-state index is 9.49. The molecule has 0 bridgehead atoms. The van der Waals surface area contributed by atoms with Crippen LogP contribution < -0.4 is 5.19 Å². The summed E-state index contributed by atoms with van der Waals surface area (Å²) in [5, 5.41) is 19.6. The molecule has 12 heavy (non-hydrogen) atoms. The van der Waals surface area contributed by atoms with Crippen molar-refractivity contribution in [3.8, 4) is 11.5 Å². The summed E-state index contributed by atoms with van der Waals surface area (Å²) in [5.41, 5.74) is 0. The SMILES string of the molecule is C[Si](C)(C)c1cc(O)ccc1O. The lowest BCUT2D eigenvalue weighted by atomic mass is 10.3. The molecule has 2 nitrogen and oxygen atoms in total. The zero-order valence-electron chi connectivity index (χ0n) is 7.63. The quantitative estimate of drug-likeness (QED) is 0.512. The number of rotatable bonds is 1. The van der Waals surface area contributed by atoms with Gasteiger partial charge in [0.05, 0.1) is 8.07 Å². The Kier molecular flexibility index (Phi) is 2.15. The van der Waals surface area contributed by atoms with Gasteiger partial charge in [-0.3, -0.25) is 0 Å². The van der Waals surface area contributed by atoms with Crippen LogP contribution in [0.3, 0.4) is 0 Å². The predicted octanol–water partition coefficient (Wildman–Crippen LogP) is 1.64. The van der Waals surface area contributed by atoms with Gasteiger partial charge in [0.2, 0.25) is 0 Å². The van der Waals surface area contributed by atoms with Crippen LogP contribution in [0.5, 0.6) is 11.5 Å². The molecule has 0 aliphatic carbocycles. The van der Waals surface area contributed by atoms with Crippen LogP contribution in [-0.2, 0) is 0 Å². The van der Waals surface area contributed by atoms with E-state index in [0.29, 0.717) is 5.75 Å². The Morgan fingerprint density at radius 2 is 1.67 bits per heavy atom. The minimum atomic E-state index is -1.52. The Balaban J connectivity index is 3.23. The molecule has 2 N–H and O–H groups in total. The van der Waals surface area contributed by atoms with E-state index in [9.17, 15) is 10.2 Å². The molecule has 0 saturated carbocycles. The highest BCUT2D eigenvalue weighted by Crippen LogP contribution is 2.17. The molecule has 0 aliphatic rings. The van der Waals surface area contributed by atoms with Gasteiger partial charge < -0.3 is 10.2 Å². The van der Waals surface area contributed by atoms with Gasteiger partial charge in [-0.15, -0.1) is 0 Å². The first-order valence-electron chi connectivity index (χ1n) is 3.94. The number of phenolic OH excluding ortho intramolecular Hbond substituents is 2. The third-order valence-electron chi connectivity index (χ3n) is 1.79. The van der Waals surface area contributed by atoms with E-state index in [4.69, 9.17) is 0 Å². The Hall–Kier alpha value is -0.963. The van der Waals surface area contributed by atoms with Crippen molar-refractivity contribution < 1.29 is 10.2 Å². The molecule has 0 fully saturated rings. The summed E-state index contributed by atoms with van der Waals surface area (Å²) in [6.07, 6.45) is 0. The van der Waals surface area contributed by atoms with E-state index < -0.39 is 8.07 Å². The van der Waals surface area contributed by atoms with Crippen molar-refractivity contribution in [2.45, 2.75) is 19.6 Å². The van der Waals surface area contributed by atoms with Crippen LogP contribution in [0.25, 0.3) is 0 Å². The van der Waals surface area contributed by atoms with Crippen LogP contribution in [-0.4, -0.2) is 18.3 Å². The highest BCUT2D eigenvalue weighted by molar-refractivity contribution is 6.89. The van der Waals surface area contributed by atoms with E-state index in [-0.39, 0.29) is 5.75 Å². The molecule has 0 saturated heterocycles. The largest absolute Gasteiger partial charge is 0.508 e. The summed E-state index contributed by atoms with van der Waals surface area (Å²) in [5.74, 6) is 0.525. The molecular formula is C9H14O2Si. The molecule has 0 unspecified atom stereocenters. The fourth-order valence-corrected chi connectivity index (χ4v) is 2.56. The Morgan fingerprint density at radius 3 is 2.08 bits per heavy atom. The highest BCUT2D eigenvalue weighted by Gasteiger charge is 2.20. The molecule has 66 valence electrons. The Bertz CT molecular complexity index is 289. The lowest BCUT2D eigenvalue weighted by Gasteiger charge is -2.17. The predicted molar refractivity (Wildman–Crippen MR) is 52.8 cm³/mol. The van der Waals surface area contributed by atoms with Crippen LogP contribution in [0.1, 0.15) is 0 Å². The first-order valence-corrected chi connectivity index (χ1v) is 7.44. The Labute approximate surface area is 73.5 Å². The first-order chi connectivity index (χ1) is 5.41. The molecule has 3 heteroatoms. The second-order valence-corrected chi connectivity index (χ2v) is 8.99. The van der Waals surface area contributed by atoms with Crippen LogP contribution in [0, 0.1) is 0 Å². The third-order valence-corrected chi connectivity index (χ3v) is 3.80. The number of aromatic hydroxyl groups is 2. The minimum Gasteiger partial charge on any atom is -0.508 e. The lowest BCUT2D eigenvalue weighted by molar-refractivity contribution is 0.463. The standard InChI is InChI=1S/C9H14O2Si/c1-12(2,3)9-6-7(10)4-5-8(9)11/h4-6,10-11H,1-3H3. The molecule has 0 aromatic heterocycles. The molecule has 0 radical (unpaired) electrons. The molecule has 0 amide bonds. The monoisotopic (exact) mass is 182 g/mol. The highest BCUT2D eigenvalue weighted by atomic mass is 28.3. The number of hydrogen-bond donors (Lipinski definition) is 2. The molecule has 0 aliphatic heterocycles. The summed E-state index contributed by atoms with van der Waals surface area (Å²) in [6, 6.07) is 4.70. The topological polar surface area (TPSA) is 40.5 Å². The van der Waals surface area contributed by atoms with E-state index in [2.05, 4.69) is 19.6 Å². The van der Waals surface area contributed by atoms with Gasteiger partial charge in [0, 0.05) is 0 Å². The molecule has 1 rings (SSSR count). The third kappa shape index (κ3) is 1.79. The smallest absolute Gasteiger partial charge is 0.115 e. The number of benzene rings is 1. The van der Waals surface area contributed by atoms with Gasteiger partial charge in [-0.1, -0.05) is 19.6 Å². The van der Waals surface area contributed by atoms with Gasteiger partial charge in [0.15, 0.2) is 0 Å².